The van der Waals surface area contributed by atoms with Crippen LogP contribution < -0.4 is 10.1 Å². The largest absolute Gasteiger partial charge is 0.493 e. The minimum atomic E-state index is -0.267. The summed E-state index contributed by atoms with van der Waals surface area (Å²) in [5.74, 6) is 0.831. The van der Waals surface area contributed by atoms with E-state index in [1.165, 1.54) is 12.4 Å². The highest BCUT2D eigenvalue weighted by Crippen LogP contribution is 2.26. The van der Waals surface area contributed by atoms with Gasteiger partial charge in [0.05, 0.1) is 6.61 Å². The van der Waals surface area contributed by atoms with Crippen LogP contribution in [0.5, 0.6) is 5.75 Å². The Morgan fingerprint density at radius 2 is 2.16 bits per heavy atom. The molecule has 0 bridgehead atoms. The van der Waals surface area contributed by atoms with Crippen molar-refractivity contribution in [1.29, 1.82) is 0 Å². The number of rotatable bonds is 2. The van der Waals surface area contributed by atoms with E-state index in [4.69, 9.17) is 16.3 Å². The van der Waals surface area contributed by atoms with E-state index in [0.717, 1.165) is 17.7 Å². The Hall–Kier alpha value is -2.14. The summed E-state index contributed by atoms with van der Waals surface area (Å²) in [6, 6.07) is 5.33. The summed E-state index contributed by atoms with van der Waals surface area (Å²) in [5, 5.41) is 2.80. The third-order valence-electron chi connectivity index (χ3n) is 2.84. The molecule has 0 unspecified atom stereocenters. The van der Waals surface area contributed by atoms with Gasteiger partial charge in [0.25, 0.3) is 5.91 Å². The van der Waals surface area contributed by atoms with Crippen molar-refractivity contribution in [3.8, 4) is 5.75 Å². The molecule has 1 aliphatic heterocycles. The van der Waals surface area contributed by atoms with E-state index in [-0.39, 0.29) is 16.9 Å². The zero-order chi connectivity index (χ0) is 13.2. The lowest BCUT2D eigenvalue weighted by Crippen LogP contribution is -2.13. The number of hydrogen-bond donors (Lipinski definition) is 1. The molecule has 6 heteroatoms. The summed E-state index contributed by atoms with van der Waals surface area (Å²) in [5.41, 5.74) is 1.59. The van der Waals surface area contributed by atoms with Crippen LogP contribution in [0.25, 0.3) is 0 Å². The first kappa shape index (κ1) is 11.9. The Morgan fingerprint density at radius 3 is 3.00 bits per heavy atom. The Labute approximate surface area is 114 Å². The molecular weight excluding hydrogens is 266 g/mol. The fourth-order valence-corrected chi connectivity index (χ4v) is 2.06. The first-order valence-electron chi connectivity index (χ1n) is 5.77. The van der Waals surface area contributed by atoms with E-state index in [1.54, 1.807) is 12.1 Å². The lowest BCUT2D eigenvalue weighted by molar-refractivity contribution is 0.102. The molecule has 3 rings (SSSR count). The molecule has 19 heavy (non-hydrogen) atoms. The van der Waals surface area contributed by atoms with Gasteiger partial charge >= 0.3 is 0 Å². The number of amides is 1. The molecule has 0 atom stereocenters. The van der Waals surface area contributed by atoms with Gasteiger partial charge in [0, 0.05) is 24.4 Å². The lowest BCUT2D eigenvalue weighted by Gasteiger charge is -2.06. The molecule has 2 heterocycles. The maximum Gasteiger partial charge on any atom is 0.256 e. The third-order valence-corrected chi connectivity index (χ3v) is 3.11. The standard InChI is InChI=1S/C13H10ClN3O2/c14-11-12(16-5-4-15-11)17-13(18)9-1-2-10-8(7-9)3-6-19-10/h1-2,4-5,7H,3,6H2,(H,16,17,18). The molecule has 0 spiro atoms. The van der Waals surface area contributed by atoms with Gasteiger partial charge in [-0.3, -0.25) is 4.79 Å². The average molecular weight is 276 g/mol. The van der Waals surface area contributed by atoms with Crippen molar-refractivity contribution < 1.29 is 9.53 Å². The van der Waals surface area contributed by atoms with Crippen LogP contribution in [-0.2, 0) is 6.42 Å². The quantitative estimate of drug-likeness (QED) is 0.913. The summed E-state index contributed by atoms with van der Waals surface area (Å²) in [7, 11) is 0. The number of halogens is 1. The van der Waals surface area contributed by atoms with Gasteiger partial charge in [-0.1, -0.05) is 11.6 Å². The SMILES string of the molecule is O=C(Nc1nccnc1Cl)c1ccc2c(c1)CCO2. The molecular formula is C13H10ClN3O2. The molecule has 1 aromatic carbocycles. The zero-order valence-corrected chi connectivity index (χ0v) is 10.6. The van der Waals surface area contributed by atoms with Crippen LogP contribution in [0.1, 0.15) is 15.9 Å². The predicted octanol–water partition coefficient (Wildman–Crippen LogP) is 2.32. The number of anilines is 1. The average Bonchev–Trinajstić information content (AvgIpc) is 2.88. The summed E-state index contributed by atoms with van der Waals surface area (Å²) >= 11 is 5.84. The summed E-state index contributed by atoms with van der Waals surface area (Å²) < 4.78 is 5.40. The second-order valence-corrected chi connectivity index (χ2v) is 4.43. The second-order valence-electron chi connectivity index (χ2n) is 4.07. The Morgan fingerprint density at radius 1 is 1.32 bits per heavy atom. The van der Waals surface area contributed by atoms with E-state index in [9.17, 15) is 4.79 Å². The number of ether oxygens (including phenoxy) is 1. The number of nitrogens with zero attached hydrogens (tertiary/aromatic N) is 2. The van der Waals surface area contributed by atoms with Gasteiger partial charge in [0.2, 0.25) is 0 Å². The minimum Gasteiger partial charge on any atom is -0.493 e. The lowest BCUT2D eigenvalue weighted by atomic mass is 10.1. The molecule has 0 saturated heterocycles. The number of nitrogens with one attached hydrogen (secondary N) is 1. The molecule has 0 aliphatic carbocycles. The highest BCUT2D eigenvalue weighted by Gasteiger charge is 2.16. The zero-order valence-electron chi connectivity index (χ0n) is 9.89. The molecule has 5 nitrogen and oxygen atoms in total. The van der Waals surface area contributed by atoms with Gasteiger partial charge in [-0.15, -0.1) is 0 Å². The minimum absolute atomic E-state index is 0.167. The third kappa shape index (κ3) is 2.37. The van der Waals surface area contributed by atoms with Gasteiger partial charge in [0.15, 0.2) is 11.0 Å². The molecule has 96 valence electrons. The van der Waals surface area contributed by atoms with Crippen molar-refractivity contribution in [3.63, 3.8) is 0 Å². The van der Waals surface area contributed by atoms with Gasteiger partial charge in [0.1, 0.15) is 5.75 Å². The summed E-state index contributed by atoms with van der Waals surface area (Å²) in [6.07, 6.45) is 3.76. The summed E-state index contributed by atoms with van der Waals surface area (Å²) in [4.78, 5) is 19.9. The van der Waals surface area contributed by atoms with Crippen LogP contribution in [0.2, 0.25) is 5.15 Å². The highest BCUT2D eigenvalue weighted by atomic mass is 35.5. The van der Waals surface area contributed by atoms with Crippen molar-refractivity contribution in [3.05, 3.63) is 46.9 Å². The smallest absolute Gasteiger partial charge is 0.256 e. The van der Waals surface area contributed by atoms with Crippen molar-refractivity contribution in [2.75, 3.05) is 11.9 Å². The van der Waals surface area contributed by atoms with Crippen molar-refractivity contribution in [1.82, 2.24) is 9.97 Å². The first-order chi connectivity index (χ1) is 9.24. The van der Waals surface area contributed by atoms with Crippen LogP contribution in [0.4, 0.5) is 5.82 Å². The maximum absolute atomic E-state index is 12.1. The molecule has 0 saturated carbocycles. The van der Waals surface area contributed by atoms with Gasteiger partial charge < -0.3 is 10.1 Å². The van der Waals surface area contributed by atoms with Crippen molar-refractivity contribution in [2.45, 2.75) is 6.42 Å². The number of aromatic nitrogens is 2. The molecule has 1 amide bonds. The monoisotopic (exact) mass is 275 g/mol. The molecule has 1 N–H and O–H groups in total. The first-order valence-corrected chi connectivity index (χ1v) is 6.15. The normalized spacial score (nSPS) is 12.7. The van der Waals surface area contributed by atoms with Crippen LogP contribution in [0.15, 0.2) is 30.6 Å². The molecule has 1 aromatic heterocycles. The Kier molecular flexibility index (Phi) is 3.05. The Balaban J connectivity index is 1.83. The second kappa shape index (κ2) is 4.85. The molecule has 2 aromatic rings. The van der Waals surface area contributed by atoms with Crippen molar-refractivity contribution >= 4 is 23.3 Å². The van der Waals surface area contributed by atoms with Crippen LogP contribution in [-0.4, -0.2) is 22.5 Å². The highest BCUT2D eigenvalue weighted by molar-refractivity contribution is 6.32. The van der Waals surface area contributed by atoms with Gasteiger partial charge in [-0.2, -0.15) is 0 Å². The fourth-order valence-electron chi connectivity index (χ4n) is 1.91. The van der Waals surface area contributed by atoms with E-state index in [0.29, 0.717) is 12.2 Å². The topological polar surface area (TPSA) is 64.1 Å². The van der Waals surface area contributed by atoms with E-state index < -0.39 is 0 Å². The molecule has 1 aliphatic rings. The predicted molar refractivity (Wildman–Crippen MR) is 70.6 cm³/mol. The van der Waals surface area contributed by atoms with E-state index >= 15 is 0 Å². The van der Waals surface area contributed by atoms with E-state index in [1.807, 2.05) is 6.07 Å². The van der Waals surface area contributed by atoms with Crippen LogP contribution in [0, 0.1) is 0 Å². The van der Waals surface area contributed by atoms with Gasteiger partial charge in [-0.05, 0) is 23.8 Å². The molecule has 0 radical (unpaired) electrons. The number of hydrogen-bond acceptors (Lipinski definition) is 4. The van der Waals surface area contributed by atoms with Gasteiger partial charge in [-0.25, -0.2) is 9.97 Å². The molecule has 0 fully saturated rings. The van der Waals surface area contributed by atoms with Crippen LogP contribution >= 0.6 is 11.6 Å². The summed E-state index contributed by atoms with van der Waals surface area (Å²) in [6.45, 7) is 0.663. The number of carbonyl (C=O) groups is 1. The number of benzene rings is 1. The van der Waals surface area contributed by atoms with Crippen LogP contribution in [0.3, 0.4) is 0 Å². The van der Waals surface area contributed by atoms with E-state index in [2.05, 4.69) is 15.3 Å². The maximum atomic E-state index is 12.1. The van der Waals surface area contributed by atoms with Crippen molar-refractivity contribution in [2.24, 2.45) is 0 Å². The Bertz CT molecular complexity index is 646. The number of carbonyl (C=O) groups excluding carboxylic acids is 1. The number of fused-ring (bicyclic) bond motifs is 1. The fraction of sp³-hybridized carbons (Fsp3) is 0.154.